The van der Waals surface area contributed by atoms with Gasteiger partial charge in [-0.2, -0.15) is 0 Å². The zero-order chi connectivity index (χ0) is 17.8. The van der Waals surface area contributed by atoms with Crippen molar-refractivity contribution in [1.29, 1.82) is 0 Å². The van der Waals surface area contributed by atoms with Gasteiger partial charge in [-0.3, -0.25) is 4.79 Å². The van der Waals surface area contributed by atoms with Crippen LogP contribution in [0.25, 0.3) is 11.5 Å². The van der Waals surface area contributed by atoms with Gasteiger partial charge in [-0.05, 0) is 32.4 Å². The molecule has 7 heteroatoms. The van der Waals surface area contributed by atoms with Gasteiger partial charge in [-0.25, -0.2) is 4.98 Å². The van der Waals surface area contributed by atoms with E-state index in [9.17, 15) is 4.79 Å². The second-order valence-electron chi connectivity index (χ2n) is 5.86. The van der Waals surface area contributed by atoms with E-state index in [-0.39, 0.29) is 10.8 Å². The summed E-state index contributed by atoms with van der Waals surface area (Å²) in [6, 6.07) is 9.46. The van der Waals surface area contributed by atoms with Crippen LogP contribution < -0.4 is 5.56 Å². The lowest BCUT2D eigenvalue weighted by atomic mass is 10.1. The molecule has 0 saturated carbocycles. The molecule has 1 aromatic carbocycles. The molecule has 25 heavy (non-hydrogen) atoms. The van der Waals surface area contributed by atoms with Gasteiger partial charge in [0.1, 0.15) is 0 Å². The summed E-state index contributed by atoms with van der Waals surface area (Å²) in [5.41, 5.74) is 2.72. The van der Waals surface area contributed by atoms with E-state index >= 15 is 0 Å². The summed E-state index contributed by atoms with van der Waals surface area (Å²) < 4.78 is 5.79. The molecule has 1 atom stereocenters. The minimum atomic E-state index is -0.140. The summed E-state index contributed by atoms with van der Waals surface area (Å²) in [7, 11) is 0. The van der Waals surface area contributed by atoms with Gasteiger partial charge in [-0.1, -0.05) is 42.8 Å². The summed E-state index contributed by atoms with van der Waals surface area (Å²) in [5.74, 6) is 0.993. The topological polar surface area (TPSA) is 84.7 Å². The van der Waals surface area contributed by atoms with Gasteiger partial charge >= 0.3 is 0 Å². The maximum atomic E-state index is 11.8. The van der Waals surface area contributed by atoms with Crippen LogP contribution in [-0.2, 0) is 6.42 Å². The van der Waals surface area contributed by atoms with E-state index in [0.29, 0.717) is 16.9 Å². The number of rotatable bonds is 6. The van der Waals surface area contributed by atoms with Gasteiger partial charge < -0.3 is 9.40 Å². The average Bonchev–Trinajstić information content (AvgIpc) is 3.05. The SMILES string of the molecule is CCCc1cc(=O)[nH]c(S[C@@H](C)c2nnc(-c3ccc(C)cc3)o2)n1. The van der Waals surface area contributed by atoms with Gasteiger partial charge in [0, 0.05) is 17.3 Å². The maximum Gasteiger partial charge on any atom is 0.251 e. The van der Waals surface area contributed by atoms with Crippen LogP contribution in [0.5, 0.6) is 0 Å². The molecule has 2 heterocycles. The van der Waals surface area contributed by atoms with E-state index in [1.165, 1.54) is 17.3 Å². The number of aromatic amines is 1. The zero-order valence-electron chi connectivity index (χ0n) is 14.4. The molecule has 0 unspecified atom stereocenters. The van der Waals surface area contributed by atoms with Crippen molar-refractivity contribution < 1.29 is 4.42 Å². The molecule has 0 saturated heterocycles. The van der Waals surface area contributed by atoms with Crippen LogP contribution in [0.1, 0.15) is 42.7 Å². The van der Waals surface area contributed by atoms with Crippen molar-refractivity contribution in [3.05, 3.63) is 57.8 Å². The minimum Gasteiger partial charge on any atom is -0.419 e. The van der Waals surface area contributed by atoms with Crippen molar-refractivity contribution in [2.45, 2.75) is 44.0 Å². The first-order valence-corrected chi connectivity index (χ1v) is 9.10. The number of aromatic nitrogens is 4. The highest BCUT2D eigenvalue weighted by Crippen LogP contribution is 2.33. The standard InChI is InChI=1S/C18H20N4O2S/c1-4-5-14-10-15(23)20-18(19-14)25-12(3)16-21-22-17(24-16)13-8-6-11(2)7-9-13/h6-10,12H,4-5H2,1-3H3,(H,19,20,23)/t12-/m0/s1. The summed E-state index contributed by atoms with van der Waals surface area (Å²) in [5, 5.41) is 8.71. The molecule has 3 aromatic rings. The quantitative estimate of drug-likeness (QED) is 0.532. The molecule has 1 N–H and O–H groups in total. The molecule has 0 amide bonds. The van der Waals surface area contributed by atoms with Crippen LogP contribution in [-0.4, -0.2) is 20.2 Å². The second kappa shape index (κ2) is 7.65. The molecule has 6 nitrogen and oxygen atoms in total. The number of thioether (sulfide) groups is 1. The summed E-state index contributed by atoms with van der Waals surface area (Å²) in [4.78, 5) is 19.0. The summed E-state index contributed by atoms with van der Waals surface area (Å²) >= 11 is 1.40. The van der Waals surface area contributed by atoms with Crippen LogP contribution in [0.2, 0.25) is 0 Å². The first-order chi connectivity index (χ1) is 12.0. The molecule has 0 aliphatic carbocycles. The Labute approximate surface area is 150 Å². The molecule has 2 aromatic heterocycles. The van der Waals surface area contributed by atoms with Gasteiger partial charge in [0.15, 0.2) is 5.16 Å². The Hall–Kier alpha value is -2.41. The highest BCUT2D eigenvalue weighted by Gasteiger charge is 2.17. The Morgan fingerprint density at radius 2 is 2.00 bits per heavy atom. The number of hydrogen-bond acceptors (Lipinski definition) is 6. The Kier molecular flexibility index (Phi) is 5.33. The van der Waals surface area contributed by atoms with Crippen molar-refractivity contribution in [1.82, 2.24) is 20.2 Å². The lowest BCUT2D eigenvalue weighted by molar-refractivity contribution is 0.509. The van der Waals surface area contributed by atoms with E-state index < -0.39 is 0 Å². The molecular formula is C18H20N4O2S. The van der Waals surface area contributed by atoms with Gasteiger partial charge in [0.05, 0.1) is 5.25 Å². The van der Waals surface area contributed by atoms with Crippen LogP contribution >= 0.6 is 11.8 Å². The Morgan fingerprint density at radius 1 is 1.24 bits per heavy atom. The van der Waals surface area contributed by atoms with Gasteiger partial charge in [0.2, 0.25) is 11.8 Å². The van der Waals surface area contributed by atoms with Crippen molar-refractivity contribution >= 4 is 11.8 Å². The Morgan fingerprint density at radius 3 is 2.72 bits per heavy atom. The Balaban J connectivity index is 1.77. The summed E-state index contributed by atoms with van der Waals surface area (Å²) in [6.45, 7) is 6.04. The smallest absolute Gasteiger partial charge is 0.251 e. The van der Waals surface area contributed by atoms with Gasteiger partial charge in [0.25, 0.3) is 5.56 Å². The fraction of sp³-hybridized carbons (Fsp3) is 0.333. The van der Waals surface area contributed by atoms with Crippen molar-refractivity contribution in [2.24, 2.45) is 0 Å². The lowest BCUT2D eigenvalue weighted by Crippen LogP contribution is -2.10. The highest BCUT2D eigenvalue weighted by atomic mass is 32.2. The molecule has 0 aliphatic heterocycles. The normalized spacial score (nSPS) is 12.3. The lowest BCUT2D eigenvalue weighted by Gasteiger charge is -2.07. The maximum absolute atomic E-state index is 11.8. The fourth-order valence-corrected chi connectivity index (χ4v) is 3.21. The number of nitrogens with one attached hydrogen (secondary N) is 1. The number of H-pyrrole nitrogens is 1. The fourth-order valence-electron chi connectivity index (χ4n) is 2.35. The number of benzene rings is 1. The average molecular weight is 356 g/mol. The molecule has 0 radical (unpaired) electrons. The summed E-state index contributed by atoms with van der Waals surface area (Å²) in [6.07, 6.45) is 1.73. The molecule has 3 rings (SSSR count). The monoisotopic (exact) mass is 356 g/mol. The first-order valence-electron chi connectivity index (χ1n) is 8.22. The molecule has 0 bridgehead atoms. The third-order valence-electron chi connectivity index (χ3n) is 3.65. The number of nitrogens with zero attached hydrogens (tertiary/aromatic N) is 3. The van der Waals surface area contributed by atoms with E-state index in [4.69, 9.17) is 4.42 Å². The zero-order valence-corrected chi connectivity index (χ0v) is 15.3. The predicted octanol–water partition coefficient (Wildman–Crippen LogP) is 3.93. The molecule has 0 fully saturated rings. The first kappa shape index (κ1) is 17.4. The number of aryl methyl sites for hydroxylation is 2. The molecule has 130 valence electrons. The third kappa shape index (κ3) is 4.36. The van der Waals surface area contributed by atoms with E-state index in [2.05, 4.69) is 27.1 Å². The number of hydrogen-bond donors (Lipinski definition) is 1. The van der Waals surface area contributed by atoms with E-state index in [1.807, 2.05) is 38.1 Å². The van der Waals surface area contributed by atoms with Crippen molar-refractivity contribution in [3.63, 3.8) is 0 Å². The van der Waals surface area contributed by atoms with E-state index in [1.54, 1.807) is 6.07 Å². The van der Waals surface area contributed by atoms with Crippen LogP contribution in [0.4, 0.5) is 0 Å². The molecular weight excluding hydrogens is 336 g/mol. The van der Waals surface area contributed by atoms with E-state index in [0.717, 1.165) is 24.1 Å². The van der Waals surface area contributed by atoms with Crippen molar-refractivity contribution in [3.8, 4) is 11.5 Å². The minimum absolute atomic E-state index is 0.119. The van der Waals surface area contributed by atoms with Gasteiger partial charge in [-0.15, -0.1) is 10.2 Å². The Bertz CT molecular complexity index is 902. The van der Waals surface area contributed by atoms with Crippen molar-refractivity contribution in [2.75, 3.05) is 0 Å². The van der Waals surface area contributed by atoms with Crippen LogP contribution in [0, 0.1) is 6.92 Å². The van der Waals surface area contributed by atoms with Crippen LogP contribution in [0.3, 0.4) is 0 Å². The van der Waals surface area contributed by atoms with Crippen LogP contribution in [0.15, 0.2) is 44.7 Å². The largest absolute Gasteiger partial charge is 0.419 e. The predicted molar refractivity (Wildman–Crippen MR) is 97.6 cm³/mol. The second-order valence-corrected chi connectivity index (χ2v) is 7.19. The third-order valence-corrected chi connectivity index (χ3v) is 4.63. The molecule has 0 spiro atoms. The molecule has 0 aliphatic rings. The highest BCUT2D eigenvalue weighted by molar-refractivity contribution is 7.99.